The van der Waals surface area contributed by atoms with Crippen LogP contribution in [0.15, 0.2) is 0 Å². The molecule has 0 bridgehead atoms. The highest BCUT2D eigenvalue weighted by Gasteiger charge is 2.30. The Morgan fingerprint density at radius 2 is 2.00 bits per heavy atom. The molecule has 1 heterocycles. The third-order valence-corrected chi connectivity index (χ3v) is 4.44. The molecule has 2 aliphatic rings. The van der Waals surface area contributed by atoms with Gasteiger partial charge in [0.1, 0.15) is 0 Å². The number of hydrogen-bond acceptors (Lipinski definition) is 2. The van der Waals surface area contributed by atoms with Crippen LogP contribution in [0.2, 0.25) is 0 Å². The number of hydrogen-bond donors (Lipinski definition) is 1. The summed E-state index contributed by atoms with van der Waals surface area (Å²) in [6.45, 7) is 4.23. The second-order valence-electron chi connectivity index (χ2n) is 5.91. The van der Waals surface area contributed by atoms with E-state index in [0.29, 0.717) is 11.8 Å². The average molecular weight is 238 g/mol. The van der Waals surface area contributed by atoms with Crippen LogP contribution in [0.3, 0.4) is 0 Å². The van der Waals surface area contributed by atoms with Crippen molar-refractivity contribution in [3.8, 4) is 0 Å². The zero-order chi connectivity index (χ0) is 12.3. The van der Waals surface area contributed by atoms with Gasteiger partial charge in [0, 0.05) is 13.1 Å². The highest BCUT2D eigenvalue weighted by molar-refractivity contribution is 5.82. The molecule has 1 N–H and O–H groups in total. The first kappa shape index (κ1) is 12.9. The molecule has 17 heavy (non-hydrogen) atoms. The monoisotopic (exact) mass is 238 g/mol. The molecule has 98 valence electrons. The van der Waals surface area contributed by atoms with E-state index in [2.05, 4.69) is 17.1 Å². The van der Waals surface area contributed by atoms with Gasteiger partial charge in [-0.05, 0) is 44.6 Å². The third kappa shape index (κ3) is 3.21. The van der Waals surface area contributed by atoms with Crippen molar-refractivity contribution in [2.45, 2.75) is 51.5 Å². The van der Waals surface area contributed by atoms with E-state index in [9.17, 15) is 4.79 Å². The van der Waals surface area contributed by atoms with Gasteiger partial charge in [-0.15, -0.1) is 0 Å². The van der Waals surface area contributed by atoms with Crippen molar-refractivity contribution in [2.24, 2.45) is 11.8 Å². The molecular weight excluding hydrogens is 212 g/mol. The molecule has 0 aromatic carbocycles. The molecule has 0 spiro atoms. The summed E-state index contributed by atoms with van der Waals surface area (Å²) < 4.78 is 0. The zero-order valence-corrected chi connectivity index (χ0v) is 11.2. The largest absolute Gasteiger partial charge is 0.341 e. The molecule has 1 saturated carbocycles. The van der Waals surface area contributed by atoms with Gasteiger partial charge in [0.15, 0.2) is 0 Å². The molecule has 1 aliphatic heterocycles. The van der Waals surface area contributed by atoms with Gasteiger partial charge in [0.25, 0.3) is 0 Å². The van der Waals surface area contributed by atoms with Gasteiger partial charge in [0.2, 0.25) is 5.91 Å². The predicted molar refractivity (Wildman–Crippen MR) is 69.8 cm³/mol. The Kier molecular flexibility index (Phi) is 4.43. The molecular formula is C14H26N2O. The smallest absolute Gasteiger partial charge is 0.239 e. The first-order chi connectivity index (χ1) is 8.20. The molecule has 2 rings (SSSR count). The topological polar surface area (TPSA) is 32.3 Å². The molecule has 0 aromatic heterocycles. The molecule has 0 radical (unpaired) electrons. The van der Waals surface area contributed by atoms with E-state index in [1.54, 1.807) is 0 Å². The van der Waals surface area contributed by atoms with E-state index < -0.39 is 0 Å². The molecule has 1 saturated heterocycles. The van der Waals surface area contributed by atoms with E-state index in [4.69, 9.17) is 0 Å². The van der Waals surface area contributed by atoms with Crippen LogP contribution in [-0.2, 0) is 4.79 Å². The van der Waals surface area contributed by atoms with Gasteiger partial charge in [-0.25, -0.2) is 0 Å². The summed E-state index contributed by atoms with van der Waals surface area (Å²) in [5.74, 6) is 1.76. The maximum atomic E-state index is 12.4. The first-order valence-corrected chi connectivity index (χ1v) is 7.16. The number of likely N-dealkylation sites (tertiary alicyclic amines) is 1. The van der Waals surface area contributed by atoms with Crippen LogP contribution in [0.1, 0.15) is 45.4 Å². The van der Waals surface area contributed by atoms with Crippen molar-refractivity contribution in [2.75, 3.05) is 20.1 Å². The summed E-state index contributed by atoms with van der Waals surface area (Å²) in [5, 5.41) is 3.19. The van der Waals surface area contributed by atoms with Crippen molar-refractivity contribution in [1.82, 2.24) is 10.2 Å². The zero-order valence-electron chi connectivity index (χ0n) is 11.2. The maximum Gasteiger partial charge on any atom is 0.239 e. The summed E-state index contributed by atoms with van der Waals surface area (Å²) in [4.78, 5) is 14.5. The lowest BCUT2D eigenvalue weighted by atomic mass is 10.0. The van der Waals surface area contributed by atoms with Gasteiger partial charge < -0.3 is 10.2 Å². The molecule has 3 nitrogen and oxygen atoms in total. The van der Waals surface area contributed by atoms with Crippen molar-refractivity contribution >= 4 is 5.91 Å². The van der Waals surface area contributed by atoms with Crippen LogP contribution in [0.4, 0.5) is 0 Å². The Morgan fingerprint density at radius 1 is 1.29 bits per heavy atom. The fourth-order valence-corrected chi connectivity index (χ4v) is 3.26. The minimum absolute atomic E-state index is 0.0499. The van der Waals surface area contributed by atoms with Crippen molar-refractivity contribution in [3.05, 3.63) is 0 Å². The Balaban J connectivity index is 1.96. The van der Waals surface area contributed by atoms with Crippen molar-refractivity contribution in [1.29, 1.82) is 0 Å². The average Bonchev–Trinajstić information content (AvgIpc) is 2.78. The standard InChI is InChI=1S/C14H26N2O/c1-11-7-8-16(10-12-5-3-4-6-12)14(17)13(9-11)15-2/h11-13,15H,3-10H2,1-2H3. The molecule has 0 aromatic rings. The lowest BCUT2D eigenvalue weighted by Crippen LogP contribution is -2.45. The third-order valence-electron chi connectivity index (χ3n) is 4.44. The second kappa shape index (κ2) is 5.85. The molecule has 1 amide bonds. The molecule has 2 atom stereocenters. The fourth-order valence-electron chi connectivity index (χ4n) is 3.26. The van der Waals surface area contributed by atoms with Crippen LogP contribution >= 0.6 is 0 Å². The van der Waals surface area contributed by atoms with E-state index in [1.165, 1.54) is 25.7 Å². The number of amides is 1. The summed E-state index contributed by atoms with van der Waals surface area (Å²) >= 11 is 0. The quantitative estimate of drug-likeness (QED) is 0.816. The highest BCUT2D eigenvalue weighted by atomic mass is 16.2. The van der Waals surface area contributed by atoms with Crippen LogP contribution in [0.25, 0.3) is 0 Å². The predicted octanol–water partition coefficient (Wildman–Crippen LogP) is 2.02. The lowest BCUT2D eigenvalue weighted by Gasteiger charge is -2.26. The Bertz CT molecular complexity index is 261. The number of rotatable bonds is 3. The van der Waals surface area contributed by atoms with Crippen LogP contribution in [-0.4, -0.2) is 37.0 Å². The van der Waals surface area contributed by atoms with Crippen LogP contribution in [0, 0.1) is 11.8 Å². The maximum absolute atomic E-state index is 12.4. The summed E-state index contributed by atoms with van der Waals surface area (Å²) in [7, 11) is 1.91. The Morgan fingerprint density at radius 3 is 2.65 bits per heavy atom. The SMILES string of the molecule is CNC1CC(C)CCN(CC2CCCC2)C1=O. The first-order valence-electron chi connectivity index (χ1n) is 7.16. The van der Waals surface area contributed by atoms with Gasteiger partial charge >= 0.3 is 0 Å². The Labute approximate surface area is 105 Å². The van der Waals surface area contributed by atoms with Gasteiger partial charge in [-0.3, -0.25) is 4.79 Å². The van der Waals surface area contributed by atoms with E-state index in [1.807, 2.05) is 7.05 Å². The number of nitrogens with zero attached hydrogens (tertiary/aromatic N) is 1. The lowest BCUT2D eigenvalue weighted by molar-refractivity contribution is -0.133. The number of likely N-dealkylation sites (N-methyl/N-ethyl adjacent to an activating group) is 1. The number of nitrogens with one attached hydrogen (secondary N) is 1. The van der Waals surface area contributed by atoms with E-state index in [0.717, 1.165) is 31.8 Å². The molecule has 2 unspecified atom stereocenters. The molecule has 2 fully saturated rings. The van der Waals surface area contributed by atoms with Crippen molar-refractivity contribution < 1.29 is 4.79 Å². The van der Waals surface area contributed by atoms with Gasteiger partial charge in [-0.2, -0.15) is 0 Å². The number of carbonyl (C=O) groups is 1. The van der Waals surface area contributed by atoms with Gasteiger partial charge in [-0.1, -0.05) is 19.8 Å². The number of carbonyl (C=O) groups excluding carboxylic acids is 1. The van der Waals surface area contributed by atoms with Crippen LogP contribution in [0.5, 0.6) is 0 Å². The normalized spacial score (nSPS) is 31.9. The second-order valence-corrected chi connectivity index (χ2v) is 5.91. The highest BCUT2D eigenvalue weighted by Crippen LogP contribution is 2.27. The van der Waals surface area contributed by atoms with Crippen LogP contribution < -0.4 is 5.32 Å². The van der Waals surface area contributed by atoms with E-state index in [-0.39, 0.29) is 6.04 Å². The van der Waals surface area contributed by atoms with Gasteiger partial charge in [0.05, 0.1) is 6.04 Å². The Hall–Kier alpha value is -0.570. The minimum atomic E-state index is 0.0499. The molecule has 1 aliphatic carbocycles. The summed E-state index contributed by atoms with van der Waals surface area (Å²) in [5.41, 5.74) is 0. The minimum Gasteiger partial charge on any atom is -0.341 e. The van der Waals surface area contributed by atoms with Crippen molar-refractivity contribution in [3.63, 3.8) is 0 Å². The fraction of sp³-hybridized carbons (Fsp3) is 0.929. The summed E-state index contributed by atoms with van der Waals surface area (Å²) in [6.07, 6.45) is 7.53. The molecule has 3 heteroatoms. The summed E-state index contributed by atoms with van der Waals surface area (Å²) in [6, 6.07) is 0.0499. The van der Waals surface area contributed by atoms with E-state index >= 15 is 0 Å².